The molecule has 3 nitrogen and oxygen atoms in total. The molecule has 5 heteroatoms. The van der Waals surface area contributed by atoms with Gasteiger partial charge in [0, 0.05) is 4.47 Å². The summed E-state index contributed by atoms with van der Waals surface area (Å²) in [5.41, 5.74) is 1.07. The van der Waals surface area contributed by atoms with Crippen molar-refractivity contribution in [2.24, 2.45) is 0 Å². The highest BCUT2D eigenvalue weighted by Crippen LogP contribution is 2.21. The van der Waals surface area contributed by atoms with Crippen molar-refractivity contribution in [3.05, 3.63) is 58.3 Å². The molecule has 0 spiro atoms. The summed E-state index contributed by atoms with van der Waals surface area (Å²) in [5.74, 6) is -0.267. The van der Waals surface area contributed by atoms with E-state index in [1.165, 1.54) is 12.1 Å². The molecule has 1 atom stereocenters. The molecule has 0 bridgehead atoms. The first-order valence-corrected chi connectivity index (χ1v) is 7.25. The summed E-state index contributed by atoms with van der Waals surface area (Å²) in [6, 6.07) is 11.9. The number of amides is 1. The molecule has 0 radical (unpaired) electrons. The first-order valence-electron chi connectivity index (χ1n) is 6.45. The standard InChI is InChI=1S/C16H15BrFNO2/c1-10-5-3-4-6-15(10)21-11(2)16(20)19-14-8-7-12(17)9-13(14)18/h3-9,11H,1-2H3,(H,19,20)/t11-/m1/s1. The van der Waals surface area contributed by atoms with Crippen molar-refractivity contribution in [2.75, 3.05) is 5.32 Å². The fourth-order valence-electron chi connectivity index (χ4n) is 1.76. The van der Waals surface area contributed by atoms with Gasteiger partial charge in [-0.15, -0.1) is 0 Å². The lowest BCUT2D eigenvalue weighted by Crippen LogP contribution is -2.30. The average Bonchev–Trinajstić information content (AvgIpc) is 2.44. The molecule has 2 aromatic rings. The second-order valence-electron chi connectivity index (χ2n) is 4.64. The monoisotopic (exact) mass is 351 g/mol. The Labute approximate surface area is 131 Å². The molecule has 0 fully saturated rings. The predicted molar refractivity (Wildman–Crippen MR) is 84.0 cm³/mol. The average molecular weight is 352 g/mol. The Hall–Kier alpha value is -1.88. The summed E-state index contributed by atoms with van der Waals surface area (Å²) in [6.07, 6.45) is -0.728. The second kappa shape index (κ2) is 6.72. The minimum absolute atomic E-state index is 0.128. The van der Waals surface area contributed by atoms with Gasteiger partial charge in [-0.2, -0.15) is 0 Å². The van der Waals surface area contributed by atoms with Crippen LogP contribution in [0.3, 0.4) is 0 Å². The van der Waals surface area contributed by atoms with Gasteiger partial charge in [0.25, 0.3) is 5.91 Å². The van der Waals surface area contributed by atoms with Gasteiger partial charge in [0.15, 0.2) is 6.10 Å². The predicted octanol–water partition coefficient (Wildman–Crippen LogP) is 4.30. The number of hydrogen-bond donors (Lipinski definition) is 1. The van der Waals surface area contributed by atoms with Crippen LogP contribution in [-0.4, -0.2) is 12.0 Å². The number of nitrogens with one attached hydrogen (secondary N) is 1. The van der Waals surface area contributed by atoms with Crippen LogP contribution in [0.1, 0.15) is 12.5 Å². The molecule has 0 heterocycles. The topological polar surface area (TPSA) is 38.3 Å². The Balaban J connectivity index is 2.04. The summed E-state index contributed by atoms with van der Waals surface area (Å²) in [4.78, 5) is 12.1. The number of para-hydroxylation sites is 1. The number of rotatable bonds is 4. The summed E-state index contributed by atoms with van der Waals surface area (Å²) < 4.78 is 19.9. The minimum atomic E-state index is -0.728. The van der Waals surface area contributed by atoms with E-state index in [9.17, 15) is 9.18 Å². The number of ether oxygens (including phenoxy) is 1. The van der Waals surface area contributed by atoms with Crippen LogP contribution in [-0.2, 0) is 4.79 Å². The Kier molecular flexibility index (Phi) is 4.96. The molecule has 0 aliphatic heterocycles. The lowest BCUT2D eigenvalue weighted by molar-refractivity contribution is -0.122. The van der Waals surface area contributed by atoms with Crippen molar-refractivity contribution >= 4 is 27.5 Å². The first kappa shape index (κ1) is 15.5. The van der Waals surface area contributed by atoms with Crippen molar-refractivity contribution in [2.45, 2.75) is 20.0 Å². The lowest BCUT2D eigenvalue weighted by Gasteiger charge is -2.16. The maximum Gasteiger partial charge on any atom is 0.265 e. The Morgan fingerprint density at radius 1 is 1.29 bits per heavy atom. The van der Waals surface area contributed by atoms with Crippen LogP contribution in [0.5, 0.6) is 5.75 Å². The molecule has 0 aliphatic carbocycles. The molecule has 1 amide bonds. The zero-order valence-corrected chi connectivity index (χ0v) is 13.3. The highest BCUT2D eigenvalue weighted by atomic mass is 79.9. The van der Waals surface area contributed by atoms with Gasteiger partial charge in [-0.25, -0.2) is 4.39 Å². The third-order valence-corrected chi connectivity index (χ3v) is 3.45. The van der Waals surface area contributed by atoms with Crippen LogP contribution >= 0.6 is 15.9 Å². The molecule has 0 saturated carbocycles. The summed E-state index contributed by atoms with van der Waals surface area (Å²) >= 11 is 3.17. The van der Waals surface area contributed by atoms with E-state index in [0.29, 0.717) is 10.2 Å². The zero-order valence-electron chi connectivity index (χ0n) is 11.7. The second-order valence-corrected chi connectivity index (χ2v) is 5.55. The largest absolute Gasteiger partial charge is 0.481 e. The molecular formula is C16H15BrFNO2. The van der Waals surface area contributed by atoms with Crippen LogP contribution in [0.15, 0.2) is 46.9 Å². The maximum atomic E-state index is 13.7. The van der Waals surface area contributed by atoms with E-state index in [1.807, 2.05) is 25.1 Å². The molecule has 2 rings (SSSR count). The van der Waals surface area contributed by atoms with Crippen molar-refractivity contribution in [3.63, 3.8) is 0 Å². The number of benzene rings is 2. The van der Waals surface area contributed by atoms with Crippen molar-refractivity contribution in [1.29, 1.82) is 0 Å². The number of carbonyl (C=O) groups excluding carboxylic acids is 1. The van der Waals surface area contributed by atoms with Crippen molar-refractivity contribution in [3.8, 4) is 5.75 Å². The van der Waals surface area contributed by atoms with Gasteiger partial charge in [-0.3, -0.25) is 4.79 Å². The molecule has 1 N–H and O–H groups in total. The van der Waals surface area contributed by atoms with Gasteiger partial charge in [-0.05, 0) is 43.7 Å². The van der Waals surface area contributed by atoms with Crippen LogP contribution in [0.25, 0.3) is 0 Å². The van der Waals surface area contributed by atoms with E-state index < -0.39 is 17.8 Å². The van der Waals surface area contributed by atoms with E-state index in [-0.39, 0.29) is 5.69 Å². The molecule has 0 unspecified atom stereocenters. The maximum absolute atomic E-state index is 13.7. The van der Waals surface area contributed by atoms with Gasteiger partial charge in [-0.1, -0.05) is 34.1 Å². The van der Waals surface area contributed by atoms with E-state index in [1.54, 1.807) is 19.1 Å². The zero-order chi connectivity index (χ0) is 15.4. The fraction of sp³-hybridized carbons (Fsp3) is 0.188. The highest BCUT2D eigenvalue weighted by Gasteiger charge is 2.17. The normalized spacial score (nSPS) is 11.8. The van der Waals surface area contributed by atoms with Gasteiger partial charge >= 0.3 is 0 Å². The SMILES string of the molecule is Cc1ccccc1O[C@H](C)C(=O)Nc1ccc(Br)cc1F. The fourth-order valence-corrected chi connectivity index (χ4v) is 2.09. The summed E-state index contributed by atoms with van der Waals surface area (Å²) in [7, 11) is 0. The molecule has 0 aromatic heterocycles. The van der Waals surface area contributed by atoms with E-state index >= 15 is 0 Å². The highest BCUT2D eigenvalue weighted by molar-refractivity contribution is 9.10. The Bertz CT molecular complexity index is 660. The van der Waals surface area contributed by atoms with E-state index in [0.717, 1.165) is 5.56 Å². The molecule has 0 saturated heterocycles. The van der Waals surface area contributed by atoms with Gasteiger partial charge in [0.05, 0.1) is 5.69 Å². The van der Waals surface area contributed by atoms with Crippen LogP contribution in [0.2, 0.25) is 0 Å². The smallest absolute Gasteiger partial charge is 0.265 e. The summed E-state index contributed by atoms with van der Waals surface area (Å²) in [6.45, 7) is 3.52. The van der Waals surface area contributed by atoms with E-state index in [4.69, 9.17) is 4.74 Å². The Morgan fingerprint density at radius 3 is 2.67 bits per heavy atom. The van der Waals surface area contributed by atoms with E-state index in [2.05, 4.69) is 21.2 Å². The number of hydrogen-bond acceptors (Lipinski definition) is 2. The molecule has 110 valence electrons. The van der Waals surface area contributed by atoms with Gasteiger partial charge in [0.1, 0.15) is 11.6 Å². The van der Waals surface area contributed by atoms with Crippen LogP contribution in [0.4, 0.5) is 10.1 Å². The number of anilines is 1. The lowest BCUT2D eigenvalue weighted by atomic mass is 10.2. The minimum Gasteiger partial charge on any atom is -0.481 e. The third kappa shape index (κ3) is 4.04. The molecular weight excluding hydrogens is 337 g/mol. The number of halogens is 2. The Morgan fingerprint density at radius 2 is 2.00 bits per heavy atom. The first-order chi connectivity index (χ1) is 9.97. The third-order valence-electron chi connectivity index (χ3n) is 2.96. The van der Waals surface area contributed by atoms with Gasteiger partial charge < -0.3 is 10.1 Å². The van der Waals surface area contributed by atoms with Crippen LogP contribution < -0.4 is 10.1 Å². The number of aryl methyl sites for hydroxylation is 1. The van der Waals surface area contributed by atoms with Gasteiger partial charge in [0.2, 0.25) is 0 Å². The molecule has 21 heavy (non-hydrogen) atoms. The quantitative estimate of drug-likeness (QED) is 0.891. The molecule has 0 aliphatic rings. The van der Waals surface area contributed by atoms with Crippen molar-refractivity contribution < 1.29 is 13.9 Å². The molecule has 2 aromatic carbocycles. The number of carbonyl (C=O) groups is 1. The van der Waals surface area contributed by atoms with Crippen LogP contribution in [0, 0.1) is 12.7 Å². The van der Waals surface area contributed by atoms with Crippen molar-refractivity contribution in [1.82, 2.24) is 0 Å². The summed E-state index contributed by atoms with van der Waals surface area (Å²) in [5, 5.41) is 2.52.